The Morgan fingerprint density at radius 1 is 1.50 bits per heavy atom. The minimum absolute atomic E-state index is 0.135. The predicted molar refractivity (Wildman–Crippen MR) is 59.0 cm³/mol. The number of hydrogen-bond donors (Lipinski definition) is 3. The molecule has 2 atom stereocenters. The Labute approximate surface area is 95.2 Å². The largest absolute Gasteiger partial charge is 0.479 e. The standard InChI is InChI=1S/C10H20N2O4/c1-5-12(4)8(13)7(2)11-6-10(3,16)9(14)15/h7,11,16H,5-6H2,1-4H3,(H,14,15). The summed E-state index contributed by atoms with van der Waals surface area (Å²) in [6.45, 7) is 5.07. The van der Waals surface area contributed by atoms with Crippen LogP contribution < -0.4 is 5.32 Å². The smallest absolute Gasteiger partial charge is 0.336 e. The number of hydrogen-bond acceptors (Lipinski definition) is 4. The van der Waals surface area contributed by atoms with Gasteiger partial charge in [-0.25, -0.2) is 4.79 Å². The van der Waals surface area contributed by atoms with E-state index in [2.05, 4.69) is 5.32 Å². The van der Waals surface area contributed by atoms with Crippen molar-refractivity contribution in [1.82, 2.24) is 10.2 Å². The van der Waals surface area contributed by atoms with Crippen LogP contribution in [0.25, 0.3) is 0 Å². The zero-order chi connectivity index (χ0) is 12.9. The first-order valence-electron chi connectivity index (χ1n) is 5.16. The molecule has 0 saturated carbocycles. The third kappa shape index (κ3) is 4.16. The molecule has 0 radical (unpaired) electrons. The minimum Gasteiger partial charge on any atom is -0.479 e. The van der Waals surface area contributed by atoms with Crippen molar-refractivity contribution in [2.45, 2.75) is 32.4 Å². The van der Waals surface area contributed by atoms with Crippen molar-refractivity contribution in [2.75, 3.05) is 20.1 Å². The van der Waals surface area contributed by atoms with Gasteiger partial charge in [-0.05, 0) is 20.8 Å². The molecular weight excluding hydrogens is 212 g/mol. The summed E-state index contributed by atoms with van der Waals surface area (Å²) in [7, 11) is 1.66. The van der Waals surface area contributed by atoms with Crippen molar-refractivity contribution in [1.29, 1.82) is 0 Å². The van der Waals surface area contributed by atoms with Crippen LogP contribution in [0.4, 0.5) is 0 Å². The SMILES string of the molecule is CCN(C)C(=O)C(C)NCC(C)(O)C(=O)O. The van der Waals surface area contributed by atoms with Gasteiger partial charge in [0.1, 0.15) is 0 Å². The van der Waals surface area contributed by atoms with E-state index < -0.39 is 17.6 Å². The summed E-state index contributed by atoms with van der Waals surface area (Å²) < 4.78 is 0. The number of nitrogens with one attached hydrogen (secondary N) is 1. The van der Waals surface area contributed by atoms with E-state index in [4.69, 9.17) is 5.11 Å². The average Bonchev–Trinajstić information content (AvgIpc) is 2.23. The van der Waals surface area contributed by atoms with Crippen molar-refractivity contribution in [2.24, 2.45) is 0 Å². The predicted octanol–water partition coefficient (Wildman–Crippen LogP) is -0.722. The van der Waals surface area contributed by atoms with E-state index in [1.807, 2.05) is 6.92 Å². The summed E-state index contributed by atoms with van der Waals surface area (Å²) in [5.41, 5.74) is -1.86. The number of aliphatic hydroxyl groups is 1. The van der Waals surface area contributed by atoms with E-state index in [0.29, 0.717) is 6.54 Å². The van der Waals surface area contributed by atoms with E-state index >= 15 is 0 Å². The van der Waals surface area contributed by atoms with Crippen molar-refractivity contribution in [3.05, 3.63) is 0 Å². The first kappa shape index (κ1) is 14.9. The summed E-state index contributed by atoms with van der Waals surface area (Å²) in [5, 5.41) is 20.8. The zero-order valence-corrected chi connectivity index (χ0v) is 10.1. The number of carbonyl (C=O) groups excluding carboxylic acids is 1. The molecule has 0 aliphatic heterocycles. The molecule has 0 fully saturated rings. The molecule has 0 bridgehead atoms. The van der Waals surface area contributed by atoms with E-state index in [1.165, 1.54) is 11.8 Å². The lowest BCUT2D eigenvalue weighted by Crippen LogP contribution is -2.51. The normalized spacial score (nSPS) is 16.3. The Bertz CT molecular complexity index is 266. The number of carbonyl (C=O) groups is 2. The number of aliphatic carboxylic acids is 1. The molecule has 0 aromatic rings. The molecule has 1 amide bonds. The van der Waals surface area contributed by atoms with Crippen LogP contribution in [0.15, 0.2) is 0 Å². The minimum atomic E-state index is -1.86. The van der Waals surface area contributed by atoms with Crippen molar-refractivity contribution < 1.29 is 19.8 Å². The molecule has 16 heavy (non-hydrogen) atoms. The monoisotopic (exact) mass is 232 g/mol. The van der Waals surface area contributed by atoms with Crippen LogP contribution in [0.1, 0.15) is 20.8 Å². The van der Waals surface area contributed by atoms with Gasteiger partial charge in [-0.2, -0.15) is 0 Å². The Hall–Kier alpha value is -1.14. The van der Waals surface area contributed by atoms with Gasteiger partial charge in [0, 0.05) is 20.1 Å². The third-order valence-corrected chi connectivity index (χ3v) is 2.43. The lowest BCUT2D eigenvalue weighted by Gasteiger charge is -2.24. The maximum atomic E-state index is 11.6. The number of carboxylic acids is 1. The van der Waals surface area contributed by atoms with Gasteiger partial charge >= 0.3 is 5.97 Å². The highest BCUT2D eigenvalue weighted by Gasteiger charge is 2.31. The van der Waals surface area contributed by atoms with Gasteiger partial charge in [0.05, 0.1) is 6.04 Å². The van der Waals surface area contributed by atoms with Gasteiger partial charge in [0.15, 0.2) is 5.60 Å². The molecule has 6 heteroatoms. The first-order chi connectivity index (χ1) is 7.22. The maximum Gasteiger partial charge on any atom is 0.336 e. The highest BCUT2D eigenvalue weighted by molar-refractivity contribution is 5.81. The first-order valence-corrected chi connectivity index (χ1v) is 5.16. The van der Waals surface area contributed by atoms with Crippen LogP contribution in [0.5, 0.6) is 0 Å². The molecule has 0 aliphatic rings. The van der Waals surface area contributed by atoms with E-state index in [1.54, 1.807) is 14.0 Å². The highest BCUT2D eigenvalue weighted by Crippen LogP contribution is 2.02. The second kappa shape index (κ2) is 5.81. The molecule has 3 N–H and O–H groups in total. The van der Waals surface area contributed by atoms with Crippen molar-refractivity contribution in [3.63, 3.8) is 0 Å². The highest BCUT2D eigenvalue weighted by atomic mass is 16.4. The van der Waals surface area contributed by atoms with E-state index in [9.17, 15) is 14.7 Å². The number of likely N-dealkylation sites (N-methyl/N-ethyl adjacent to an activating group) is 1. The van der Waals surface area contributed by atoms with Crippen molar-refractivity contribution >= 4 is 11.9 Å². The number of rotatable bonds is 6. The number of amides is 1. The summed E-state index contributed by atoms with van der Waals surface area (Å²) in [6.07, 6.45) is 0. The number of carboxylic acid groups (broad SMARTS) is 1. The molecule has 94 valence electrons. The maximum absolute atomic E-state index is 11.6. The second-order valence-corrected chi connectivity index (χ2v) is 4.03. The Morgan fingerprint density at radius 3 is 2.38 bits per heavy atom. The molecule has 0 rings (SSSR count). The van der Waals surface area contributed by atoms with E-state index in [-0.39, 0.29) is 12.5 Å². The molecule has 0 heterocycles. The van der Waals surface area contributed by atoms with Crippen LogP contribution in [-0.2, 0) is 9.59 Å². The van der Waals surface area contributed by atoms with Crippen LogP contribution >= 0.6 is 0 Å². The molecule has 0 saturated heterocycles. The Morgan fingerprint density at radius 2 is 2.00 bits per heavy atom. The quantitative estimate of drug-likeness (QED) is 0.562. The Kier molecular flexibility index (Phi) is 5.40. The molecule has 0 aromatic carbocycles. The summed E-state index contributed by atoms with van der Waals surface area (Å²) >= 11 is 0. The third-order valence-electron chi connectivity index (χ3n) is 2.43. The average molecular weight is 232 g/mol. The van der Waals surface area contributed by atoms with Gasteiger partial charge < -0.3 is 20.4 Å². The fourth-order valence-corrected chi connectivity index (χ4v) is 1.00. The molecule has 0 aromatic heterocycles. The summed E-state index contributed by atoms with van der Waals surface area (Å²) in [6, 6.07) is -0.518. The second-order valence-electron chi connectivity index (χ2n) is 4.03. The van der Waals surface area contributed by atoms with Crippen LogP contribution in [-0.4, -0.2) is 58.8 Å². The van der Waals surface area contributed by atoms with Crippen LogP contribution in [0.2, 0.25) is 0 Å². The lowest BCUT2D eigenvalue weighted by atomic mass is 10.1. The van der Waals surface area contributed by atoms with Crippen molar-refractivity contribution in [3.8, 4) is 0 Å². The topological polar surface area (TPSA) is 89.9 Å². The molecule has 2 unspecified atom stereocenters. The summed E-state index contributed by atoms with van der Waals surface area (Å²) in [4.78, 5) is 23.7. The fourth-order valence-electron chi connectivity index (χ4n) is 1.00. The zero-order valence-electron chi connectivity index (χ0n) is 10.1. The Balaban J connectivity index is 4.22. The molecule has 0 spiro atoms. The van der Waals surface area contributed by atoms with E-state index in [0.717, 1.165) is 0 Å². The van der Waals surface area contributed by atoms with Gasteiger partial charge in [-0.3, -0.25) is 4.79 Å². The van der Waals surface area contributed by atoms with Gasteiger partial charge in [0.25, 0.3) is 0 Å². The van der Waals surface area contributed by atoms with Gasteiger partial charge in [-0.15, -0.1) is 0 Å². The molecule has 0 aliphatic carbocycles. The van der Waals surface area contributed by atoms with Gasteiger partial charge in [0.2, 0.25) is 5.91 Å². The summed E-state index contributed by atoms with van der Waals surface area (Å²) in [5.74, 6) is -1.45. The van der Waals surface area contributed by atoms with Crippen LogP contribution in [0.3, 0.4) is 0 Å². The lowest BCUT2D eigenvalue weighted by molar-refractivity contribution is -0.156. The number of nitrogens with zero attached hydrogens (tertiary/aromatic N) is 1. The van der Waals surface area contributed by atoms with Crippen LogP contribution in [0, 0.1) is 0 Å². The van der Waals surface area contributed by atoms with Gasteiger partial charge in [-0.1, -0.05) is 0 Å². The molecular formula is C10H20N2O4. The fraction of sp³-hybridized carbons (Fsp3) is 0.800. The molecule has 6 nitrogen and oxygen atoms in total.